The van der Waals surface area contributed by atoms with E-state index in [0.29, 0.717) is 274 Å². The first-order chi connectivity index (χ1) is 66.1. The number of carbonyl (C=O) groups excluding carboxylic acids is 9. The molecule has 9 amide bonds. The van der Waals surface area contributed by atoms with Gasteiger partial charge in [0.05, 0.1) is 140 Å². The Morgan fingerprint density at radius 3 is 1.24 bits per heavy atom. The second kappa shape index (κ2) is 54.3. The molecule has 8 aromatic rings. The van der Waals surface area contributed by atoms with E-state index in [1.165, 1.54) is 0 Å². The Hall–Kier alpha value is -12.7. The van der Waals surface area contributed by atoms with Crippen molar-refractivity contribution in [1.29, 1.82) is 0 Å². The van der Waals surface area contributed by atoms with E-state index in [0.717, 1.165) is 73.2 Å². The number of aromatic nitrogens is 10. The van der Waals surface area contributed by atoms with Gasteiger partial charge in [0.25, 0.3) is 23.6 Å². The van der Waals surface area contributed by atoms with Gasteiger partial charge < -0.3 is 94.3 Å². The summed E-state index contributed by atoms with van der Waals surface area (Å²) in [4.78, 5) is 143. The maximum absolute atomic E-state index is 13.2. The molecule has 12 N–H and O–H groups in total. The number of ether oxygens (including phenoxy) is 10. The molecule has 2 saturated heterocycles. The molecule has 6 aromatic heterocycles. The summed E-state index contributed by atoms with van der Waals surface area (Å²) in [5, 5.41) is 51.4. The van der Waals surface area contributed by atoms with Crippen molar-refractivity contribution in [2.75, 3.05) is 143 Å². The van der Waals surface area contributed by atoms with Gasteiger partial charge in [-0.2, -0.15) is 0 Å². The van der Waals surface area contributed by atoms with Crippen molar-refractivity contribution in [2.45, 2.75) is 206 Å². The molecular weight excluding hydrogens is 1780 g/mol. The Morgan fingerprint density at radius 2 is 0.869 bits per heavy atom. The lowest BCUT2D eigenvalue weighted by Crippen LogP contribution is -2.54. The van der Waals surface area contributed by atoms with Crippen molar-refractivity contribution >= 4 is 92.8 Å². The van der Waals surface area contributed by atoms with Crippen molar-refractivity contribution in [2.24, 2.45) is 5.73 Å². The smallest absolute Gasteiger partial charge is 0.303 e. The lowest BCUT2D eigenvalue weighted by molar-refractivity contribution is -0.138. The molecule has 2 unspecified atom stereocenters. The molecule has 12 rings (SSSR count). The van der Waals surface area contributed by atoms with E-state index in [1.807, 2.05) is 29.0 Å². The van der Waals surface area contributed by atoms with Crippen molar-refractivity contribution < 1.29 is 120 Å². The molecule has 0 aliphatic carbocycles. The van der Waals surface area contributed by atoms with E-state index in [2.05, 4.69) is 75.2 Å². The van der Waals surface area contributed by atoms with Gasteiger partial charge in [0, 0.05) is 65.1 Å². The van der Waals surface area contributed by atoms with E-state index in [1.54, 1.807) is 70.4 Å². The number of nitrogens with two attached hydrogens (primary N) is 3. The quantitative estimate of drug-likeness (QED) is 0.0116. The Labute approximate surface area is 791 Å². The standard InChI is InChI=1S/C47H61N9O12.C24H33N3O8.C23H30N6O5/c1-4-55-41-35(30-50-33(18-19-47(2,3)62)39(41)52-43(55)40-42(48)54-68-53-40)67-22-9-7-5-6-8-15-36(57)49-20-23-64-25-27-66-29-28-65-26-24-63-21-11-13-31-12-10-14-32-38(31)46(61)56(45(32)60)34-16-17-37(58)51-44(34)59;25-8-10-33-12-14-35-16-15-34-13-11-32-9-2-4-17-3-1-5-18-21(17)24(31)27(23(18)30)19-6-7-20(28)26-22(19)29;1-4-29-20-16(33-13-9-7-5-6-8-10-17(30)31)14-25-15(11-12-23(2,3)32)18(20)26-22(29)19-21(24)28-34-27-19/h10,12,14,30,34,62H,4-9,11,13,15-17,20-29H2,1-3H3,(H2,48,54)(H,49,57)(H,51,58,59);1,3,5,19H,2,4,6-16,25H2,(H,26,28,29);14,32H,4-10,13H2,1-3H3,(H2,24,28)(H,30,31). The summed E-state index contributed by atoms with van der Waals surface area (Å²) in [6.45, 7) is 20.2. The summed E-state index contributed by atoms with van der Waals surface area (Å²) in [6.07, 6.45) is 15.3. The third-order valence-electron chi connectivity index (χ3n) is 21.8. The van der Waals surface area contributed by atoms with Gasteiger partial charge in [-0.15, -0.1) is 0 Å². The van der Waals surface area contributed by atoms with E-state index in [4.69, 9.17) is 83.9 Å². The molecule has 0 bridgehead atoms. The number of imide groups is 4. The number of anilines is 2. The van der Waals surface area contributed by atoms with E-state index >= 15 is 0 Å². The van der Waals surface area contributed by atoms with Crippen LogP contribution in [-0.4, -0.2) is 289 Å². The van der Waals surface area contributed by atoms with Crippen LogP contribution < -0.4 is 42.6 Å². The van der Waals surface area contributed by atoms with Gasteiger partial charge in [-0.25, -0.2) is 29.2 Å². The molecule has 0 spiro atoms. The van der Waals surface area contributed by atoms with Gasteiger partial charge in [-0.1, -0.05) is 74.6 Å². The molecule has 43 heteroatoms. The zero-order valence-corrected chi connectivity index (χ0v) is 78.4. The van der Waals surface area contributed by atoms with Crippen molar-refractivity contribution in [3.63, 3.8) is 0 Å². The Morgan fingerprint density at radius 1 is 0.489 bits per heavy atom. The minimum Gasteiger partial charge on any atom is -0.490 e. The first-order valence-electron chi connectivity index (χ1n) is 46.3. The predicted octanol–water partition coefficient (Wildman–Crippen LogP) is 6.20. The number of aliphatic hydroxyl groups is 2. The zero-order valence-electron chi connectivity index (χ0n) is 78.4. The van der Waals surface area contributed by atoms with Crippen molar-refractivity contribution in [1.82, 2.24) is 75.4 Å². The lowest BCUT2D eigenvalue weighted by atomic mass is 9.99. The van der Waals surface area contributed by atoms with Crippen LogP contribution in [0.4, 0.5) is 11.6 Å². The first-order valence-corrected chi connectivity index (χ1v) is 46.3. The molecule has 137 heavy (non-hydrogen) atoms. The number of rotatable bonds is 55. The number of piperidine rings is 2. The number of hydrogen-bond acceptors (Lipinski definition) is 35. The number of aryl methyl sites for hydroxylation is 4. The van der Waals surface area contributed by atoms with Crippen LogP contribution in [0.2, 0.25) is 0 Å². The number of nitrogen functional groups attached to an aromatic ring is 2. The number of imidazole rings is 2. The number of benzene rings is 2. The fourth-order valence-corrected chi connectivity index (χ4v) is 15.2. The van der Waals surface area contributed by atoms with E-state index in [-0.39, 0.29) is 55.2 Å². The SMILES string of the molecule is CCn1c(-c2nonc2N)nc2c(C#CC(C)(C)O)ncc(OCCCCCCCC(=O)NCCOCCOCCOCCOCCCc3cccc4c3C(=O)N(C3CCC(=O)NC3=O)C4=O)c21.CCn1c(-c2nonc2N)nc2c(C#CC(C)(C)O)ncc(OCCCCCCCC(=O)O)c21.NCCOCCOCCOCCOCCCc1cccc2c1C(=O)N(C1CCC(=O)NC1=O)C2=O. The van der Waals surface area contributed by atoms with Crippen LogP contribution in [0.15, 0.2) is 58.0 Å². The number of nitrogens with zero attached hydrogens (tertiary/aromatic N) is 12. The number of hydrogen-bond donors (Lipinski definition) is 9. The maximum atomic E-state index is 13.2. The molecule has 43 nitrogen and oxygen atoms in total. The minimum absolute atomic E-state index is 0.00907. The minimum atomic E-state index is -1.22. The Balaban J connectivity index is 0.000000235. The van der Waals surface area contributed by atoms with E-state index < -0.39 is 76.5 Å². The van der Waals surface area contributed by atoms with Crippen LogP contribution in [0.1, 0.15) is 221 Å². The average molecular weight is 1910 g/mol. The fourth-order valence-electron chi connectivity index (χ4n) is 15.2. The van der Waals surface area contributed by atoms with Gasteiger partial charge >= 0.3 is 5.97 Å². The van der Waals surface area contributed by atoms with Gasteiger partial charge in [0.1, 0.15) is 56.7 Å². The van der Waals surface area contributed by atoms with Crippen LogP contribution in [0, 0.1) is 23.7 Å². The summed E-state index contributed by atoms with van der Waals surface area (Å²) < 4.78 is 69.6. The summed E-state index contributed by atoms with van der Waals surface area (Å²) in [5.74, 6) is 8.77. The van der Waals surface area contributed by atoms with Crippen LogP contribution >= 0.6 is 0 Å². The second-order valence-electron chi connectivity index (χ2n) is 33.3. The molecule has 2 aromatic carbocycles. The summed E-state index contributed by atoms with van der Waals surface area (Å²) in [7, 11) is 0. The molecule has 10 heterocycles. The fraction of sp³-hybridized carbons (Fsp3) is 0.553. The van der Waals surface area contributed by atoms with Gasteiger partial charge in [-0.3, -0.25) is 68.4 Å². The van der Waals surface area contributed by atoms with E-state index in [9.17, 15) is 58.2 Å². The highest BCUT2D eigenvalue weighted by molar-refractivity contribution is 6.25. The van der Waals surface area contributed by atoms with Crippen LogP contribution in [0.5, 0.6) is 11.5 Å². The number of carboxylic acids is 1. The number of aliphatic carboxylic acids is 1. The van der Waals surface area contributed by atoms with Crippen LogP contribution in [-0.2, 0) is 92.6 Å². The van der Waals surface area contributed by atoms with Crippen molar-refractivity contribution in [3.05, 3.63) is 93.6 Å². The number of amides is 9. The molecule has 2 atom stereocenters. The zero-order chi connectivity index (χ0) is 98.2. The first kappa shape index (κ1) is 106. The highest BCUT2D eigenvalue weighted by Gasteiger charge is 2.47. The predicted molar refractivity (Wildman–Crippen MR) is 494 cm³/mol. The van der Waals surface area contributed by atoms with Gasteiger partial charge in [-0.05, 0) is 161 Å². The molecule has 0 radical (unpaired) electrons. The third-order valence-corrected chi connectivity index (χ3v) is 21.8. The Kier molecular flexibility index (Phi) is 42.2. The third kappa shape index (κ3) is 31.4. The highest BCUT2D eigenvalue weighted by Crippen LogP contribution is 2.38. The van der Waals surface area contributed by atoms with Gasteiger partial charge in [0.15, 0.2) is 46.2 Å². The largest absolute Gasteiger partial charge is 0.490 e. The number of nitrogens with one attached hydrogen (secondary N) is 3. The molecule has 4 aliphatic rings. The number of pyridine rings is 2. The number of carbonyl (C=O) groups is 10. The average Bonchev–Trinajstić information content (AvgIpc) is 1.62. The number of unbranched alkanes of at least 4 members (excludes halogenated alkanes) is 8. The molecular formula is C94H124N18O25. The van der Waals surface area contributed by atoms with Crippen molar-refractivity contribution in [3.8, 4) is 58.2 Å². The highest BCUT2D eigenvalue weighted by atomic mass is 16.6. The summed E-state index contributed by atoms with van der Waals surface area (Å²) in [6, 6.07) is 8.27. The number of carboxylic acid groups (broad SMARTS) is 1. The Bertz CT molecular complexity index is 5560. The monoisotopic (exact) mass is 1900 g/mol. The second-order valence-corrected chi connectivity index (χ2v) is 33.3. The molecule has 2 fully saturated rings. The molecule has 0 saturated carbocycles. The van der Waals surface area contributed by atoms with Crippen LogP contribution in [0.3, 0.4) is 0 Å². The maximum Gasteiger partial charge on any atom is 0.303 e. The lowest BCUT2D eigenvalue weighted by Gasteiger charge is -2.27. The molecule has 740 valence electrons. The normalized spacial score (nSPS) is 14.8. The summed E-state index contributed by atoms with van der Waals surface area (Å²) in [5.41, 5.74) is 21.2. The summed E-state index contributed by atoms with van der Waals surface area (Å²) >= 11 is 0. The number of fused-ring (bicyclic) bond motifs is 4. The van der Waals surface area contributed by atoms with Crippen LogP contribution in [0.25, 0.3) is 45.1 Å². The topological polar surface area (TPSA) is 584 Å². The molecule has 4 aliphatic heterocycles. The van der Waals surface area contributed by atoms with Gasteiger partial charge in [0.2, 0.25) is 29.5 Å².